The standard InChI is InChI=1S/C11H16O/c1-3-11(7-8-11)10(12-2)9-5-4-6-9/h1,9-10H,4-8H2,2H3. The summed E-state index contributed by atoms with van der Waals surface area (Å²) in [5.41, 5.74) is 0.139. The molecule has 1 atom stereocenters. The van der Waals surface area contributed by atoms with E-state index >= 15 is 0 Å². The van der Waals surface area contributed by atoms with Gasteiger partial charge >= 0.3 is 0 Å². The van der Waals surface area contributed by atoms with Crippen LogP contribution in [-0.2, 0) is 4.74 Å². The molecule has 0 N–H and O–H groups in total. The van der Waals surface area contributed by atoms with Gasteiger partial charge in [-0.1, -0.05) is 12.3 Å². The lowest BCUT2D eigenvalue weighted by Gasteiger charge is -2.36. The van der Waals surface area contributed by atoms with Crippen molar-refractivity contribution in [3.05, 3.63) is 0 Å². The van der Waals surface area contributed by atoms with E-state index in [0.29, 0.717) is 6.10 Å². The topological polar surface area (TPSA) is 9.23 Å². The highest BCUT2D eigenvalue weighted by Gasteiger charge is 2.52. The van der Waals surface area contributed by atoms with Crippen molar-refractivity contribution < 1.29 is 4.74 Å². The summed E-state index contributed by atoms with van der Waals surface area (Å²) in [6.45, 7) is 0. The van der Waals surface area contributed by atoms with E-state index in [1.54, 1.807) is 7.11 Å². The molecule has 0 aromatic carbocycles. The van der Waals surface area contributed by atoms with E-state index < -0.39 is 0 Å². The van der Waals surface area contributed by atoms with Gasteiger partial charge in [0.1, 0.15) is 0 Å². The normalized spacial score (nSPS) is 28.7. The maximum Gasteiger partial charge on any atom is 0.0764 e. The summed E-state index contributed by atoms with van der Waals surface area (Å²) in [5.74, 6) is 3.69. The fourth-order valence-electron chi connectivity index (χ4n) is 2.26. The van der Waals surface area contributed by atoms with Crippen molar-refractivity contribution in [1.29, 1.82) is 0 Å². The Morgan fingerprint density at radius 3 is 2.42 bits per heavy atom. The van der Waals surface area contributed by atoms with Gasteiger partial charge in [-0.2, -0.15) is 0 Å². The summed E-state index contributed by atoms with van der Waals surface area (Å²) in [6, 6.07) is 0. The molecule has 2 saturated carbocycles. The molecule has 0 aliphatic heterocycles. The van der Waals surface area contributed by atoms with Gasteiger partial charge in [-0.05, 0) is 31.6 Å². The number of methoxy groups -OCH3 is 1. The Kier molecular flexibility index (Phi) is 1.88. The van der Waals surface area contributed by atoms with Crippen molar-refractivity contribution >= 4 is 0 Å². The van der Waals surface area contributed by atoms with Crippen molar-refractivity contribution in [3.8, 4) is 12.3 Å². The molecule has 12 heavy (non-hydrogen) atoms. The van der Waals surface area contributed by atoms with E-state index in [2.05, 4.69) is 5.92 Å². The molecule has 0 heterocycles. The van der Waals surface area contributed by atoms with Gasteiger partial charge in [-0.15, -0.1) is 6.42 Å². The summed E-state index contributed by atoms with van der Waals surface area (Å²) < 4.78 is 5.53. The van der Waals surface area contributed by atoms with Crippen molar-refractivity contribution in [2.45, 2.75) is 38.2 Å². The summed E-state index contributed by atoms with van der Waals surface area (Å²) >= 11 is 0. The molecule has 0 radical (unpaired) electrons. The lowest BCUT2D eigenvalue weighted by atomic mass is 9.75. The van der Waals surface area contributed by atoms with Gasteiger partial charge in [0.15, 0.2) is 0 Å². The highest BCUT2D eigenvalue weighted by Crippen LogP contribution is 2.54. The highest BCUT2D eigenvalue weighted by molar-refractivity contribution is 5.20. The Balaban J connectivity index is 2.03. The van der Waals surface area contributed by atoms with Crippen LogP contribution in [0.3, 0.4) is 0 Å². The summed E-state index contributed by atoms with van der Waals surface area (Å²) in [7, 11) is 1.81. The fraction of sp³-hybridized carbons (Fsp3) is 0.818. The zero-order chi connectivity index (χ0) is 8.60. The molecule has 1 nitrogen and oxygen atoms in total. The third-order valence-corrected chi connectivity index (χ3v) is 3.45. The highest BCUT2D eigenvalue weighted by atomic mass is 16.5. The van der Waals surface area contributed by atoms with Crippen LogP contribution in [0.4, 0.5) is 0 Å². The Labute approximate surface area is 74.5 Å². The van der Waals surface area contributed by atoms with Gasteiger partial charge in [0, 0.05) is 7.11 Å². The molecule has 2 aliphatic rings. The molecular weight excluding hydrogens is 148 g/mol. The molecular formula is C11H16O. The van der Waals surface area contributed by atoms with Crippen LogP contribution in [0, 0.1) is 23.7 Å². The quantitative estimate of drug-likeness (QED) is 0.581. The Bertz CT molecular complexity index is 206. The molecule has 0 bridgehead atoms. The van der Waals surface area contributed by atoms with Crippen LogP contribution >= 0.6 is 0 Å². The van der Waals surface area contributed by atoms with Crippen LogP contribution in [0.25, 0.3) is 0 Å². The molecule has 1 unspecified atom stereocenters. The Morgan fingerprint density at radius 2 is 2.17 bits per heavy atom. The van der Waals surface area contributed by atoms with Crippen LogP contribution in [-0.4, -0.2) is 13.2 Å². The number of ether oxygens (including phenoxy) is 1. The third-order valence-electron chi connectivity index (χ3n) is 3.45. The molecule has 66 valence electrons. The number of terminal acetylenes is 1. The fourth-order valence-corrected chi connectivity index (χ4v) is 2.26. The third kappa shape index (κ3) is 1.06. The predicted octanol–water partition coefficient (Wildman–Crippen LogP) is 2.21. The molecule has 0 saturated heterocycles. The lowest BCUT2D eigenvalue weighted by Crippen LogP contribution is -2.35. The maximum atomic E-state index is 5.53. The molecule has 2 fully saturated rings. The number of rotatable bonds is 3. The summed E-state index contributed by atoms with van der Waals surface area (Å²) in [6.07, 6.45) is 12.3. The Morgan fingerprint density at radius 1 is 1.50 bits per heavy atom. The van der Waals surface area contributed by atoms with Crippen molar-refractivity contribution in [2.75, 3.05) is 7.11 Å². The van der Waals surface area contributed by atoms with Gasteiger partial charge in [0.25, 0.3) is 0 Å². The summed E-state index contributed by atoms with van der Waals surface area (Å²) in [4.78, 5) is 0. The van der Waals surface area contributed by atoms with Crippen LogP contribution in [0.5, 0.6) is 0 Å². The molecule has 0 amide bonds. The van der Waals surface area contributed by atoms with Gasteiger partial charge < -0.3 is 4.74 Å². The van der Waals surface area contributed by atoms with Crippen LogP contribution in [0.2, 0.25) is 0 Å². The molecule has 2 rings (SSSR count). The largest absolute Gasteiger partial charge is 0.380 e. The van der Waals surface area contributed by atoms with Gasteiger partial charge in [0.05, 0.1) is 11.5 Å². The second-order valence-electron chi connectivity index (χ2n) is 4.15. The second-order valence-corrected chi connectivity index (χ2v) is 4.15. The minimum atomic E-state index is 0.139. The van der Waals surface area contributed by atoms with E-state index in [1.165, 1.54) is 32.1 Å². The van der Waals surface area contributed by atoms with Gasteiger partial charge in [-0.25, -0.2) is 0 Å². The lowest BCUT2D eigenvalue weighted by molar-refractivity contribution is -0.0145. The molecule has 2 aliphatic carbocycles. The van der Waals surface area contributed by atoms with Crippen molar-refractivity contribution in [2.24, 2.45) is 11.3 Å². The molecule has 1 heteroatoms. The second kappa shape index (κ2) is 2.78. The van der Waals surface area contributed by atoms with Gasteiger partial charge in [-0.3, -0.25) is 0 Å². The minimum Gasteiger partial charge on any atom is -0.380 e. The van der Waals surface area contributed by atoms with E-state index in [4.69, 9.17) is 11.2 Å². The monoisotopic (exact) mass is 164 g/mol. The van der Waals surface area contributed by atoms with E-state index in [-0.39, 0.29) is 5.41 Å². The number of hydrogen-bond acceptors (Lipinski definition) is 1. The van der Waals surface area contributed by atoms with E-state index in [1.807, 2.05) is 0 Å². The molecule has 0 aromatic rings. The zero-order valence-corrected chi connectivity index (χ0v) is 7.68. The van der Waals surface area contributed by atoms with Crippen LogP contribution in [0.15, 0.2) is 0 Å². The number of hydrogen-bond donors (Lipinski definition) is 0. The first kappa shape index (κ1) is 8.13. The summed E-state index contributed by atoms with van der Waals surface area (Å²) in [5, 5.41) is 0. The smallest absolute Gasteiger partial charge is 0.0764 e. The molecule has 0 aromatic heterocycles. The zero-order valence-electron chi connectivity index (χ0n) is 7.68. The van der Waals surface area contributed by atoms with Crippen LogP contribution in [0.1, 0.15) is 32.1 Å². The SMILES string of the molecule is C#CC1(C(OC)C2CCC2)CC1. The average Bonchev–Trinajstić information content (AvgIpc) is 2.76. The molecule has 0 spiro atoms. The predicted molar refractivity (Wildman–Crippen MR) is 48.6 cm³/mol. The van der Waals surface area contributed by atoms with Crippen molar-refractivity contribution in [1.82, 2.24) is 0 Å². The van der Waals surface area contributed by atoms with E-state index in [9.17, 15) is 0 Å². The van der Waals surface area contributed by atoms with E-state index in [0.717, 1.165) is 5.92 Å². The van der Waals surface area contributed by atoms with Gasteiger partial charge in [0.2, 0.25) is 0 Å². The average molecular weight is 164 g/mol. The first-order valence-electron chi connectivity index (χ1n) is 4.83. The minimum absolute atomic E-state index is 0.139. The maximum absolute atomic E-state index is 5.53. The first-order chi connectivity index (χ1) is 5.82. The van der Waals surface area contributed by atoms with Crippen molar-refractivity contribution in [3.63, 3.8) is 0 Å². The first-order valence-corrected chi connectivity index (χ1v) is 4.83. The Hall–Kier alpha value is -0.480. The van der Waals surface area contributed by atoms with Crippen LogP contribution < -0.4 is 0 Å².